The van der Waals surface area contributed by atoms with Gasteiger partial charge in [0.1, 0.15) is 24.9 Å². The van der Waals surface area contributed by atoms with Gasteiger partial charge >= 0.3 is 5.97 Å². The molecule has 0 bridgehead atoms. The summed E-state index contributed by atoms with van der Waals surface area (Å²) in [6.45, 7) is 9.18. The molecule has 1 amide bonds. The number of aliphatic hydroxyl groups is 1. The number of aryl methyl sites for hydroxylation is 2. The van der Waals surface area contributed by atoms with Gasteiger partial charge in [0.15, 0.2) is 5.60 Å². The fourth-order valence-electron chi connectivity index (χ4n) is 6.08. The number of esters is 1. The number of benzene rings is 1. The summed E-state index contributed by atoms with van der Waals surface area (Å²) in [6.07, 6.45) is 2.24. The summed E-state index contributed by atoms with van der Waals surface area (Å²) in [5.41, 5.74) is 1.94. The zero-order valence-corrected chi connectivity index (χ0v) is 26.4. The van der Waals surface area contributed by atoms with E-state index in [1.54, 1.807) is 37.5 Å². The lowest BCUT2D eigenvalue weighted by molar-refractivity contribution is -0.172. The van der Waals surface area contributed by atoms with Crippen LogP contribution in [0.3, 0.4) is 0 Å². The van der Waals surface area contributed by atoms with Crippen LogP contribution in [0.25, 0.3) is 22.3 Å². The van der Waals surface area contributed by atoms with E-state index in [1.807, 2.05) is 13.8 Å². The Morgan fingerprint density at radius 2 is 1.93 bits per heavy atom. The second kappa shape index (κ2) is 12.8. The minimum atomic E-state index is -1.93. The normalized spacial score (nSPS) is 17.6. The average Bonchev–Trinajstić information content (AvgIpc) is 3.37. The molecule has 1 aromatic carbocycles. The van der Waals surface area contributed by atoms with Crippen LogP contribution in [0.2, 0.25) is 0 Å². The highest BCUT2D eigenvalue weighted by atomic mass is 19.1. The lowest BCUT2D eigenvalue weighted by Gasteiger charge is -2.31. The molecule has 240 valence electrons. The summed E-state index contributed by atoms with van der Waals surface area (Å²) in [5, 5.41) is 14.7. The molecule has 10 nitrogen and oxygen atoms in total. The number of rotatable bonds is 12. The van der Waals surface area contributed by atoms with E-state index >= 15 is 0 Å². The molecule has 2 aromatic heterocycles. The number of nitrogens with zero attached hydrogens (tertiary/aromatic N) is 2. The van der Waals surface area contributed by atoms with Crippen molar-refractivity contribution in [2.24, 2.45) is 11.8 Å². The van der Waals surface area contributed by atoms with Gasteiger partial charge in [-0.1, -0.05) is 27.7 Å². The zero-order valence-electron chi connectivity index (χ0n) is 26.4. The third kappa shape index (κ3) is 6.03. The van der Waals surface area contributed by atoms with E-state index in [0.29, 0.717) is 41.9 Å². The van der Waals surface area contributed by atoms with Crippen molar-refractivity contribution in [3.63, 3.8) is 0 Å². The first-order chi connectivity index (χ1) is 21.4. The van der Waals surface area contributed by atoms with E-state index in [0.717, 1.165) is 22.9 Å². The van der Waals surface area contributed by atoms with E-state index in [2.05, 4.69) is 5.32 Å². The van der Waals surface area contributed by atoms with E-state index in [4.69, 9.17) is 14.5 Å². The van der Waals surface area contributed by atoms with Crippen LogP contribution >= 0.6 is 0 Å². The molecule has 11 heteroatoms. The number of halogens is 1. The maximum absolute atomic E-state index is 14.7. The van der Waals surface area contributed by atoms with Crippen LogP contribution in [0.4, 0.5) is 4.39 Å². The second-order valence-corrected chi connectivity index (χ2v) is 12.4. The highest BCUT2D eigenvalue weighted by Crippen LogP contribution is 2.40. The van der Waals surface area contributed by atoms with Crippen LogP contribution in [0, 0.1) is 24.6 Å². The van der Waals surface area contributed by atoms with E-state index in [9.17, 15) is 28.7 Å². The lowest BCUT2D eigenvalue weighted by atomic mass is 9.86. The largest absolute Gasteiger partial charge is 0.458 e. The molecule has 3 aromatic rings. The fraction of sp³-hybridized carbons (Fsp3) is 0.500. The quantitative estimate of drug-likeness (QED) is 0.137. The number of hydrogen-bond acceptors (Lipinski definition) is 8. The predicted molar refractivity (Wildman–Crippen MR) is 165 cm³/mol. The first-order valence-electron chi connectivity index (χ1n) is 15.5. The van der Waals surface area contributed by atoms with Crippen molar-refractivity contribution in [3.05, 3.63) is 62.2 Å². The van der Waals surface area contributed by atoms with Crippen molar-refractivity contribution in [2.45, 2.75) is 85.5 Å². The van der Waals surface area contributed by atoms with Gasteiger partial charge in [-0.2, -0.15) is 0 Å². The number of nitrogens with one attached hydrogen (secondary N) is 1. The van der Waals surface area contributed by atoms with Crippen molar-refractivity contribution < 1.29 is 33.4 Å². The minimum absolute atomic E-state index is 0.0397. The summed E-state index contributed by atoms with van der Waals surface area (Å²) in [4.78, 5) is 55.2. The van der Waals surface area contributed by atoms with Gasteiger partial charge in [0.05, 0.1) is 29.0 Å². The highest BCUT2D eigenvalue weighted by molar-refractivity contribution is 5.90. The van der Waals surface area contributed by atoms with E-state index in [1.165, 1.54) is 6.07 Å². The molecule has 0 unspecified atom stereocenters. The molecule has 2 aliphatic heterocycles. The van der Waals surface area contributed by atoms with Crippen molar-refractivity contribution in [1.82, 2.24) is 14.9 Å². The molecule has 4 heterocycles. The number of pyridine rings is 2. The molecule has 0 spiro atoms. The van der Waals surface area contributed by atoms with Crippen LogP contribution in [0.15, 0.2) is 23.0 Å². The Balaban J connectivity index is 1.34. The first-order valence-corrected chi connectivity index (χ1v) is 15.5. The summed E-state index contributed by atoms with van der Waals surface area (Å²) in [5.74, 6) is -1.89. The maximum Gasteiger partial charge on any atom is 0.343 e. The van der Waals surface area contributed by atoms with Crippen molar-refractivity contribution in [1.29, 1.82) is 0 Å². The highest BCUT2D eigenvalue weighted by Gasteiger charge is 2.45. The number of amides is 1. The molecule has 2 atom stereocenters. The van der Waals surface area contributed by atoms with Gasteiger partial charge in [0.25, 0.3) is 5.56 Å². The van der Waals surface area contributed by atoms with E-state index in [-0.39, 0.29) is 72.8 Å². The third-order valence-electron chi connectivity index (χ3n) is 9.00. The molecule has 0 fully saturated rings. The Morgan fingerprint density at radius 3 is 2.64 bits per heavy atom. The number of Topliss-reactive ketones (excluding diaryl/α,β-unsaturated/α-hetero) is 1. The Hall–Kier alpha value is -3.96. The molecule has 5 rings (SSSR count). The lowest BCUT2D eigenvalue weighted by Crippen LogP contribution is -2.44. The van der Waals surface area contributed by atoms with Crippen LogP contribution in [-0.4, -0.2) is 45.7 Å². The molecule has 0 radical (unpaired) electrons. The van der Waals surface area contributed by atoms with Gasteiger partial charge in [-0.3, -0.25) is 14.4 Å². The summed E-state index contributed by atoms with van der Waals surface area (Å²) in [7, 11) is 0. The number of fused-ring (bicyclic) bond motifs is 5. The first kappa shape index (κ1) is 32.4. The average molecular weight is 622 g/mol. The Labute approximate surface area is 260 Å². The van der Waals surface area contributed by atoms with E-state index < -0.39 is 17.5 Å². The molecule has 2 aliphatic rings. The molecule has 0 aliphatic carbocycles. The molecule has 0 saturated carbocycles. The zero-order chi connectivity index (χ0) is 32.6. The summed E-state index contributed by atoms with van der Waals surface area (Å²) >= 11 is 0. The van der Waals surface area contributed by atoms with Crippen LogP contribution in [0.5, 0.6) is 0 Å². The van der Waals surface area contributed by atoms with Crippen LogP contribution in [0.1, 0.15) is 81.2 Å². The van der Waals surface area contributed by atoms with Crippen LogP contribution < -0.4 is 10.9 Å². The number of ether oxygens (including phenoxy) is 2. The fourth-order valence-corrected chi connectivity index (χ4v) is 6.08. The van der Waals surface area contributed by atoms with Gasteiger partial charge in [-0.25, -0.2) is 14.2 Å². The van der Waals surface area contributed by atoms with Gasteiger partial charge in [-0.05, 0) is 55.9 Å². The van der Waals surface area contributed by atoms with Gasteiger partial charge in [0, 0.05) is 47.4 Å². The van der Waals surface area contributed by atoms with Crippen LogP contribution in [-0.2, 0) is 49.0 Å². The molecular weight excluding hydrogens is 581 g/mol. The van der Waals surface area contributed by atoms with Gasteiger partial charge < -0.3 is 24.5 Å². The van der Waals surface area contributed by atoms with Crippen molar-refractivity contribution >= 4 is 28.6 Å². The molecule has 0 saturated heterocycles. The molecule has 45 heavy (non-hydrogen) atoms. The summed E-state index contributed by atoms with van der Waals surface area (Å²) < 4.78 is 27.1. The summed E-state index contributed by atoms with van der Waals surface area (Å²) in [6, 6.07) is 4.83. The molecular formula is C34H40FN3O7. The number of unbranched alkanes of at least 4 members (excludes halogenated alkanes) is 1. The maximum atomic E-state index is 14.7. The minimum Gasteiger partial charge on any atom is -0.458 e. The topological polar surface area (TPSA) is 137 Å². The Kier molecular flexibility index (Phi) is 9.23. The smallest absolute Gasteiger partial charge is 0.343 e. The number of aromatic nitrogens is 2. The number of carbonyl (C=O) groups is 3. The number of cyclic esters (lactones) is 1. The monoisotopic (exact) mass is 621 g/mol. The van der Waals surface area contributed by atoms with Crippen molar-refractivity contribution in [3.8, 4) is 11.4 Å². The Morgan fingerprint density at radius 1 is 1.18 bits per heavy atom. The number of hydrogen-bond donors (Lipinski definition) is 2. The Bertz CT molecular complexity index is 1750. The van der Waals surface area contributed by atoms with Crippen molar-refractivity contribution in [2.75, 3.05) is 13.3 Å². The molecule has 2 N–H and O–H groups in total. The number of ketones is 1. The standard InChI is InChI=1S/C34H40FN3O7/c1-6-34(43)25-13-28-30-23(15-38(28)32(41)24(25)16-45-33(34)42)21(22-11-19(4)26(35)14-27(22)37-30)9-7-8-10-44-17-36-31(40)20(5)12-29(39)18(2)3/h11,13-14,18,20,43H,6-10,12,15-17H2,1-5H3,(H,36,40)/t20-,34+/m1/s1. The predicted octanol–water partition coefficient (Wildman–Crippen LogP) is 4.19. The SMILES string of the molecule is CC[C@@]1(O)C(=O)OCc2c1cc1n(c2=O)Cc2c-1nc1cc(F)c(C)cc1c2CCCCOCNC(=O)[C@H](C)CC(=O)C(C)C. The van der Waals surface area contributed by atoms with Gasteiger partial charge in [-0.15, -0.1) is 0 Å². The van der Waals surface area contributed by atoms with Gasteiger partial charge in [0.2, 0.25) is 5.91 Å². The third-order valence-corrected chi connectivity index (χ3v) is 9.00. The second-order valence-electron chi connectivity index (χ2n) is 12.4. The number of carbonyl (C=O) groups excluding carboxylic acids is 3.